The molecule has 0 aromatic heterocycles. The maximum Gasteiger partial charge on any atom is -0.0440 e. The molecule has 0 heterocycles. The molecular weight excluding hydrogens is 120 g/mol. The molecule has 0 bridgehead atoms. The van der Waals surface area contributed by atoms with Crippen LogP contribution in [-0.4, -0.2) is 0 Å². The van der Waals surface area contributed by atoms with E-state index < -0.39 is 0 Å². The van der Waals surface area contributed by atoms with Crippen LogP contribution >= 0.6 is 0 Å². The minimum Gasteiger partial charge on any atom is -0.316 e. The summed E-state index contributed by atoms with van der Waals surface area (Å²) in [5, 5.41) is 0. The fourth-order valence-electron chi connectivity index (χ4n) is 2.12. The molecule has 2 unspecified atom stereocenters. The van der Waals surface area contributed by atoms with Crippen LogP contribution in [-0.2, 0) is 0 Å². The molecule has 0 N–H and O–H groups in total. The van der Waals surface area contributed by atoms with Gasteiger partial charge in [-0.2, -0.15) is 19.8 Å². The standard InChI is InChI=1S/C10H19/c1-7-5-8(2)10(4)9(3)6-7/h8-10H,5-6H2,1-4H3/q-1. The van der Waals surface area contributed by atoms with Gasteiger partial charge in [0.05, 0.1) is 0 Å². The van der Waals surface area contributed by atoms with Crippen LogP contribution in [0.25, 0.3) is 0 Å². The van der Waals surface area contributed by atoms with E-state index in [1.807, 2.05) is 0 Å². The Labute approximate surface area is 65.0 Å². The second-order valence-corrected chi connectivity index (χ2v) is 4.18. The topological polar surface area (TPSA) is 0 Å². The van der Waals surface area contributed by atoms with Crippen molar-refractivity contribution in [3.63, 3.8) is 0 Å². The first-order valence-electron chi connectivity index (χ1n) is 4.42. The molecular formula is C10H19-. The van der Waals surface area contributed by atoms with Crippen LogP contribution in [0, 0.1) is 23.7 Å². The van der Waals surface area contributed by atoms with Gasteiger partial charge in [0, 0.05) is 0 Å². The van der Waals surface area contributed by atoms with Crippen LogP contribution in [0.3, 0.4) is 0 Å². The van der Waals surface area contributed by atoms with E-state index in [4.69, 9.17) is 0 Å². The monoisotopic (exact) mass is 139 g/mol. The Hall–Kier alpha value is 0. The lowest BCUT2D eigenvalue weighted by Gasteiger charge is -2.44. The third-order valence-corrected chi connectivity index (χ3v) is 3.14. The quantitative estimate of drug-likeness (QED) is 0.452. The highest BCUT2D eigenvalue weighted by atomic mass is 14.3. The molecule has 2 atom stereocenters. The van der Waals surface area contributed by atoms with Crippen molar-refractivity contribution in [2.45, 2.75) is 40.5 Å². The summed E-state index contributed by atoms with van der Waals surface area (Å²) >= 11 is 0. The fourth-order valence-corrected chi connectivity index (χ4v) is 2.12. The van der Waals surface area contributed by atoms with E-state index >= 15 is 0 Å². The lowest BCUT2D eigenvalue weighted by Crippen LogP contribution is -2.25. The molecule has 0 saturated heterocycles. The van der Waals surface area contributed by atoms with Gasteiger partial charge in [0.1, 0.15) is 0 Å². The second-order valence-electron chi connectivity index (χ2n) is 4.18. The summed E-state index contributed by atoms with van der Waals surface area (Å²) in [4.78, 5) is 0. The first kappa shape index (κ1) is 8.10. The van der Waals surface area contributed by atoms with E-state index in [1.165, 1.54) is 12.8 Å². The number of hydrogen-bond donors (Lipinski definition) is 0. The van der Waals surface area contributed by atoms with Crippen molar-refractivity contribution in [2.75, 3.05) is 0 Å². The highest BCUT2D eigenvalue weighted by Gasteiger charge is 2.20. The minimum atomic E-state index is 0.920. The van der Waals surface area contributed by atoms with Crippen molar-refractivity contribution >= 4 is 0 Å². The molecule has 0 spiro atoms. The summed E-state index contributed by atoms with van der Waals surface area (Å²) in [5.74, 6) is 4.48. The molecule has 0 aromatic rings. The van der Waals surface area contributed by atoms with Gasteiger partial charge in [0.2, 0.25) is 0 Å². The second kappa shape index (κ2) is 2.94. The zero-order chi connectivity index (χ0) is 7.72. The van der Waals surface area contributed by atoms with Crippen molar-refractivity contribution in [2.24, 2.45) is 17.8 Å². The van der Waals surface area contributed by atoms with E-state index in [-0.39, 0.29) is 0 Å². The summed E-state index contributed by atoms with van der Waals surface area (Å²) in [6, 6.07) is 0. The van der Waals surface area contributed by atoms with E-state index in [0.29, 0.717) is 0 Å². The Morgan fingerprint density at radius 3 is 1.80 bits per heavy atom. The zero-order valence-electron chi connectivity index (χ0n) is 7.65. The third kappa shape index (κ3) is 1.53. The normalized spacial score (nSPS) is 43.8. The predicted molar refractivity (Wildman–Crippen MR) is 45.6 cm³/mol. The first-order valence-corrected chi connectivity index (χ1v) is 4.42. The van der Waals surface area contributed by atoms with E-state index in [0.717, 1.165) is 17.8 Å². The molecule has 0 radical (unpaired) electrons. The highest BCUT2D eigenvalue weighted by molar-refractivity contribution is 4.94. The van der Waals surface area contributed by atoms with Crippen molar-refractivity contribution < 1.29 is 0 Å². The lowest BCUT2D eigenvalue weighted by molar-refractivity contribution is 0.216. The van der Waals surface area contributed by atoms with Gasteiger partial charge in [0.15, 0.2) is 0 Å². The lowest BCUT2D eigenvalue weighted by atomic mass is 9.71. The molecule has 1 aliphatic carbocycles. The zero-order valence-corrected chi connectivity index (χ0v) is 7.65. The van der Waals surface area contributed by atoms with Gasteiger partial charge in [-0.05, 0) is 5.92 Å². The molecule has 1 saturated carbocycles. The Balaban J connectivity index is 2.49. The van der Waals surface area contributed by atoms with E-state index in [2.05, 4.69) is 27.7 Å². The van der Waals surface area contributed by atoms with Gasteiger partial charge in [0.25, 0.3) is 0 Å². The van der Waals surface area contributed by atoms with Crippen LogP contribution in [0.1, 0.15) is 40.5 Å². The first-order chi connectivity index (χ1) is 4.61. The molecule has 0 nitrogen and oxygen atoms in total. The van der Waals surface area contributed by atoms with Crippen LogP contribution in [0.2, 0.25) is 0 Å². The van der Waals surface area contributed by atoms with Crippen molar-refractivity contribution in [1.82, 2.24) is 0 Å². The third-order valence-electron chi connectivity index (χ3n) is 3.14. The van der Waals surface area contributed by atoms with Crippen LogP contribution in [0.5, 0.6) is 0 Å². The molecule has 0 aromatic carbocycles. The van der Waals surface area contributed by atoms with Crippen LogP contribution in [0.15, 0.2) is 0 Å². The van der Waals surface area contributed by atoms with Crippen molar-refractivity contribution in [1.29, 1.82) is 0 Å². The van der Waals surface area contributed by atoms with Crippen molar-refractivity contribution in [3.05, 3.63) is 5.92 Å². The Morgan fingerprint density at radius 1 is 1.00 bits per heavy atom. The van der Waals surface area contributed by atoms with E-state index in [9.17, 15) is 0 Å². The molecule has 1 rings (SSSR count). The van der Waals surface area contributed by atoms with Gasteiger partial charge < -0.3 is 5.92 Å². The smallest absolute Gasteiger partial charge is 0.0440 e. The molecule has 0 aliphatic heterocycles. The largest absolute Gasteiger partial charge is 0.316 e. The molecule has 0 heteroatoms. The predicted octanol–water partition coefficient (Wildman–Crippen LogP) is 3.28. The fraction of sp³-hybridized carbons (Fsp3) is 0.900. The van der Waals surface area contributed by atoms with E-state index in [1.54, 1.807) is 5.92 Å². The van der Waals surface area contributed by atoms with Crippen LogP contribution in [0.4, 0.5) is 0 Å². The SMILES string of the molecule is C[C-]1CC(C)C(C)C(C)C1. The Kier molecular flexibility index (Phi) is 2.38. The summed E-state index contributed by atoms with van der Waals surface area (Å²) < 4.78 is 0. The summed E-state index contributed by atoms with van der Waals surface area (Å²) in [5.41, 5.74) is 0. The molecule has 10 heavy (non-hydrogen) atoms. The summed E-state index contributed by atoms with van der Waals surface area (Å²) in [6.45, 7) is 9.45. The Bertz CT molecular complexity index is 94.6. The van der Waals surface area contributed by atoms with Gasteiger partial charge in [-0.3, -0.25) is 0 Å². The summed E-state index contributed by atoms with van der Waals surface area (Å²) in [6.07, 6.45) is 2.73. The number of hydrogen-bond acceptors (Lipinski definition) is 0. The average Bonchev–Trinajstić information content (AvgIpc) is 1.82. The van der Waals surface area contributed by atoms with Gasteiger partial charge in [-0.15, -0.1) is 0 Å². The minimum absolute atomic E-state index is 0.920. The number of rotatable bonds is 0. The maximum atomic E-state index is 2.39. The molecule has 1 fully saturated rings. The highest BCUT2D eigenvalue weighted by Crippen LogP contribution is 2.38. The van der Waals surface area contributed by atoms with Gasteiger partial charge in [-0.25, -0.2) is 0 Å². The maximum absolute atomic E-state index is 2.39. The molecule has 60 valence electrons. The molecule has 1 aliphatic rings. The van der Waals surface area contributed by atoms with Crippen molar-refractivity contribution in [3.8, 4) is 0 Å². The van der Waals surface area contributed by atoms with Gasteiger partial charge in [-0.1, -0.05) is 32.6 Å². The molecule has 0 amide bonds. The van der Waals surface area contributed by atoms with Crippen LogP contribution < -0.4 is 0 Å². The average molecular weight is 139 g/mol. The Morgan fingerprint density at radius 2 is 1.40 bits per heavy atom. The van der Waals surface area contributed by atoms with Gasteiger partial charge >= 0.3 is 0 Å². The summed E-state index contributed by atoms with van der Waals surface area (Å²) in [7, 11) is 0.